The Balaban J connectivity index is 2.78. The predicted molar refractivity (Wildman–Crippen MR) is 164 cm³/mol. The number of esters is 1. The third-order valence-electron chi connectivity index (χ3n) is 7.55. The lowest BCUT2D eigenvalue weighted by molar-refractivity contribution is -0.143. The Hall–Kier alpha value is -1.77. The van der Waals surface area contributed by atoms with Gasteiger partial charge in [0, 0.05) is 6.42 Å². The molecule has 0 bridgehead atoms. The third kappa shape index (κ3) is 13.3. The van der Waals surface area contributed by atoms with Crippen LogP contribution in [0.15, 0.2) is 24.3 Å². The Morgan fingerprint density at radius 3 is 1.79 bits per heavy atom. The van der Waals surface area contributed by atoms with Crippen molar-refractivity contribution < 1.29 is 14.6 Å². The van der Waals surface area contributed by atoms with Crippen molar-refractivity contribution in [3.05, 3.63) is 41.0 Å². The molecule has 0 aliphatic rings. The van der Waals surface area contributed by atoms with E-state index in [1.807, 2.05) is 6.92 Å². The van der Waals surface area contributed by atoms with E-state index in [2.05, 4.69) is 72.8 Å². The van der Waals surface area contributed by atoms with Gasteiger partial charge in [0.2, 0.25) is 0 Å². The van der Waals surface area contributed by atoms with Crippen LogP contribution in [0.4, 0.5) is 0 Å². The first-order valence-corrected chi connectivity index (χ1v) is 15.6. The number of hydrogen-bond donors (Lipinski definition) is 1. The molecule has 218 valence electrons. The summed E-state index contributed by atoms with van der Waals surface area (Å²) in [6.45, 7) is 17.5. The van der Waals surface area contributed by atoms with Crippen LogP contribution in [0.3, 0.4) is 0 Å². The molecule has 1 unspecified atom stereocenters. The van der Waals surface area contributed by atoms with Crippen molar-refractivity contribution in [2.24, 2.45) is 0 Å². The van der Waals surface area contributed by atoms with Crippen LogP contribution in [0.25, 0.3) is 0 Å². The minimum Gasteiger partial charge on any atom is -0.507 e. The molecule has 1 aromatic rings. The zero-order valence-electron chi connectivity index (χ0n) is 26.3. The zero-order chi connectivity index (χ0) is 28.6. The van der Waals surface area contributed by atoms with Gasteiger partial charge in [0.25, 0.3) is 0 Å². The zero-order valence-corrected chi connectivity index (χ0v) is 26.3. The van der Waals surface area contributed by atoms with Crippen LogP contribution >= 0.6 is 0 Å². The van der Waals surface area contributed by atoms with Crippen LogP contribution in [0, 0.1) is 0 Å². The highest BCUT2D eigenvalue weighted by Crippen LogP contribution is 2.42. The maximum absolute atomic E-state index is 11.8. The Labute approximate surface area is 235 Å². The summed E-state index contributed by atoms with van der Waals surface area (Å²) in [7, 11) is 0. The molecule has 1 atom stereocenters. The summed E-state index contributed by atoms with van der Waals surface area (Å²) in [6.07, 6.45) is 21.2. The predicted octanol–water partition coefficient (Wildman–Crippen LogP) is 10.7. The lowest BCUT2D eigenvalue weighted by Gasteiger charge is -2.30. The number of ether oxygens (including phenoxy) is 1. The van der Waals surface area contributed by atoms with Gasteiger partial charge in [-0.1, -0.05) is 125 Å². The summed E-state index contributed by atoms with van der Waals surface area (Å²) < 4.78 is 5.48. The van der Waals surface area contributed by atoms with E-state index < -0.39 is 0 Å². The van der Waals surface area contributed by atoms with Crippen LogP contribution in [-0.4, -0.2) is 17.7 Å². The van der Waals surface area contributed by atoms with Gasteiger partial charge >= 0.3 is 5.97 Å². The molecule has 0 aliphatic heterocycles. The fourth-order valence-electron chi connectivity index (χ4n) is 5.04. The Kier molecular flexibility index (Phi) is 16.0. The highest BCUT2D eigenvalue weighted by Gasteiger charge is 2.28. The molecule has 0 fully saturated rings. The summed E-state index contributed by atoms with van der Waals surface area (Å²) in [6, 6.07) is 4.42. The number of allylic oxidation sites excluding steroid dienone is 2. The number of phenols is 1. The maximum Gasteiger partial charge on any atom is 0.305 e. The second-order valence-electron chi connectivity index (χ2n) is 13.2. The van der Waals surface area contributed by atoms with Crippen molar-refractivity contribution in [2.75, 3.05) is 6.61 Å². The number of unbranched alkanes of at least 4 members (excludes halogenated alkanes) is 9. The van der Waals surface area contributed by atoms with Crippen molar-refractivity contribution in [3.8, 4) is 5.75 Å². The third-order valence-corrected chi connectivity index (χ3v) is 7.55. The molecule has 0 amide bonds. The number of carbonyl (C=O) groups excluding carboxylic acids is 1. The number of rotatable bonds is 18. The first kappa shape index (κ1) is 34.3. The van der Waals surface area contributed by atoms with E-state index in [1.54, 1.807) is 0 Å². The van der Waals surface area contributed by atoms with E-state index in [4.69, 9.17) is 4.74 Å². The van der Waals surface area contributed by atoms with Crippen molar-refractivity contribution >= 4 is 5.97 Å². The van der Waals surface area contributed by atoms with Crippen LogP contribution in [0.2, 0.25) is 0 Å². The smallest absolute Gasteiger partial charge is 0.305 e. The Bertz CT molecular complexity index is 788. The second-order valence-corrected chi connectivity index (χ2v) is 13.2. The first-order chi connectivity index (χ1) is 17.9. The van der Waals surface area contributed by atoms with E-state index in [0.29, 0.717) is 24.7 Å². The van der Waals surface area contributed by atoms with Crippen molar-refractivity contribution in [3.63, 3.8) is 0 Å². The topological polar surface area (TPSA) is 46.5 Å². The van der Waals surface area contributed by atoms with Crippen molar-refractivity contribution in [1.29, 1.82) is 0 Å². The first-order valence-electron chi connectivity index (χ1n) is 15.6. The molecule has 1 aromatic carbocycles. The number of carbonyl (C=O) groups is 1. The standard InChI is InChI=1S/C35H60O3/c1-9-11-12-13-14-15-16-17-18-19-20-21-22-23-28(24-25-38-32(36)10-2)29-26-30(34(3,4)5)33(37)31(27-29)35(6,7)8/h17-18,26-28,37H,9-16,19-25H2,1-8H3/b18-17-. The molecule has 0 spiro atoms. The van der Waals surface area contributed by atoms with E-state index in [0.717, 1.165) is 36.8 Å². The van der Waals surface area contributed by atoms with E-state index in [-0.39, 0.29) is 16.8 Å². The molecule has 0 radical (unpaired) electrons. The molecule has 0 heterocycles. The number of benzene rings is 1. The lowest BCUT2D eigenvalue weighted by Crippen LogP contribution is -2.19. The SMILES string of the molecule is CCCCCCCC/C=C\CCCCCC(CCOC(=O)CC)c1cc(C(C)(C)C)c(O)c(C(C)(C)C)c1. The number of phenolic OH excluding ortho intramolecular Hbond substituents is 1. The van der Waals surface area contributed by atoms with Gasteiger partial charge in [0.05, 0.1) is 6.61 Å². The molecule has 3 heteroatoms. The Morgan fingerprint density at radius 2 is 1.29 bits per heavy atom. The number of aromatic hydroxyl groups is 1. The van der Waals surface area contributed by atoms with Crippen LogP contribution in [0.5, 0.6) is 5.75 Å². The van der Waals surface area contributed by atoms with Gasteiger partial charge in [-0.25, -0.2) is 0 Å². The van der Waals surface area contributed by atoms with Crippen molar-refractivity contribution in [1.82, 2.24) is 0 Å². The van der Waals surface area contributed by atoms with E-state index in [1.165, 1.54) is 63.4 Å². The fourth-order valence-corrected chi connectivity index (χ4v) is 5.04. The molecule has 0 aliphatic carbocycles. The minimum absolute atomic E-state index is 0.132. The second kappa shape index (κ2) is 17.7. The van der Waals surface area contributed by atoms with Crippen LogP contribution in [0.1, 0.15) is 168 Å². The molecule has 3 nitrogen and oxygen atoms in total. The maximum atomic E-state index is 11.8. The molecular formula is C35H60O3. The van der Waals surface area contributed by atoms with Gasteiger partial charge in [-0.05, 0) is 72.0 Å². The van der Waals surface area contributed by atoms with Gasteiger partial charge in [-0.2, -0.15) is 0 Å². The monoisotopic (exact) mass is 528 g/mol. The molecule has 1 rings (SSSR count). The van der Waals surface area contributed by atoms with Gasteiger partial charge in [0.1, 0.15) is 5.75 Å². The highest BCUT2D eigenvalue weighted by atomic mass is 16.5. The summed E-state index contributed by atoms with van der Waals surface area (Å²) in [5.41, 5.74) is 2.98. The van der Waals surface area contributed by atoms with Gasteiger partial charge in [0.15, 0.2) is 0 Å². The average Bonchev–Trinajstić information content (AvgIpc) is 2.84. The average molecular weight is 529 g/mol. The van der Waals surface area contributed by atoms with Gasteiger partial charge in [-0.15, -0.1) is 0 Å². The molecule has 0 aromatic heterocycles. The van der Waals surface area contributed by atoms with Crippen LogP contribution < -0.4 is 0 Å². The van der Waals surface area contributed by atoms with E-state index in [9.17, 15) is 9.90 Å². The van der Waals surface area contributed by atoms with Gasteiger partial charge in [-0.3, -0.25) is 4.79 Å². The van der Waals surface area contributed by atoms with Crippen LogP contribution in [-0.2, 0) is 20.4 Å². The van der Waals surface area contributed by atoms with Crippen molar-refractivity contribution in [2.45, 2.75) is 162 Å². The lowest BCUT2D eigenvalue weighted by atomic mass is 9.76. The summed E-state index contributed by atoms with van der Waals surface area (Å²) in [5.74, 6) is 0.608. The summed E-state index contributed by atoms with van der Waals surface area (Å²) in [5, 5.41) is 11.2. The Morgan fingerprint density at radius 1 is 0.789 bits per heavy atom. The molecule has 38 heavy (non-hydrogen) atoms. The molecule has 0 saturated carbocycles. The van der Waals surface area contributed by atoms with E-state index >= 15 is 0 Å². The molecular weight excluding hydrogens is 468 g/mol. The fraction of sp³-hybridized carbons (Fsp3) is 0.743. The summed E-state index contributed by atoms with van der Waals surface area (Å²) >= 11 is 0. The normalized spacial score (nSPS) is 13.3. The highest BCUT2D eigenvalue weighted by molar-refractivity contribution is 5.68. The number of hydrogen-bond acceptors (Lipinski definition) is 3. The largest absolute Gasteiger partial charge is 0.507 e. The molecule has 0 saturated heterocycles. The minimum atomic E-state index is -0.152. The molecule has 1 N–H and O–H groups in total. The summed E-state index contributed by atoms with van der Waals surface area (Å²) in [4.78, 5) is 11.8. The quantitative estimate of drug-likeness (QED) is 0.117. The van der Waals surface area contributed by atoms with Gasteiger partial charge < -0.3 is 9.84 Å².